The van der Waals surface area contributed by atoms with E-state index in [1.807, 2.05) is 0 Å². The molecule has 0 aliphatic carbocycles. The van der Waals surface area contributed by atoms with Crippen molar-refractivity contribution in [3.63, 3.8) is 0 Å². The third kappa shape index (κ3) is 3.04. The maximum atomic E-state index is 11.7. The van der Waals surface area contributed by atoms with Crippen LogP contribution in [0.15, 0.2) is 29.4 Å². The van der Waals surface area contributed by atoms with E-state index < -0.39 is 18.0 Å². The number of aliphatic hydroxyl groups is 1. The van der Waals surface area contributed by atoms with E-state index >= 15 is 0 Å². The minimum absolute atomic E-state index is 0.0945. The molecular formula is C13H15NO5. The van der Waals surface area contributed by atoms with Gasteiger partial charge in [0.2, 0.25) is 0 Å². The van der Waals surface area contributed by atoms with Gasteiger partial charge in [0, 0.05) is 0 Å². The molecule has 1 aromatic rings. The van der Waals surface area contributed by atoms with Crippen LogP contribution in [-0.2, 0) is 14.3 Å². The van der Waals surface area contributed by atoms with E-state index in [1.54, 1.807) is 26.0 Å². The molecule has 1 aromatic carbocycles. The molecule has 1 aliphatic heterocycles. The number of aliphatic hydroxyl groups excluding tert-OH is 1. The lowest BCUT2D eigenvalue weighted by Crippen LogP contribution is -2.48. The van der Waals surface area contributed by atoms with Crippen LogP contribution >= 0.6 is 0 Å². The van der Waals surface area contributed by atoms with E-state index in [-0.39, 0.29) is 18.1 Å². The zero-order chi connectivity index (χ0) is 14.0. The van der Waals surface area contributed by atoms with Crippen molar-refractivity contribution in [2.24, 2.45) is 5.18 Å². The molecule has 19 heavy (non-hydrogen) atoms. The number of rotatable bonds is 3. The summed E-state index contributed by atoms with van der Waals surface area (Å²) in [4.78, 5) is 22.1. The number of carbonyl (C=O) groups excluding carboxylic acids is 1. The van der Waals surface area contributed by atoms with Crippen LogP contribution in [0.2, 0.25) is 0 Å². The van der Waals surface area contributed by atoms with Gasteiger partial charge in [0.1, 0.15) is 18.4 Å². The molecule has 0 saturated carbocycles. The highest BCUT2D eigenvalue weighted by Gasteiger charge is 2.39. The summed E-state index contributed by atoms with van der Waals surface area (Å²) in [6.07, 6.45) is -2.07. The van der Waals surface area contributed by atoms with Crippen LogP contribution < -0.4 is 0 Å². The van der Waals surface area contributed by atoms with Gasteiger partial charge in [-0.2, -0.15) is 0 Å². The van der Waals surface area contributed by atoms with Crippen LogP contribution in [0.3, 0.4) is 0 Å². The molecule has 0 spiro atoms. The summed E-state index contributed by atoms with van der Waals surface area (Å²) in [7, 11) is 0. The summed E-state index contributed by atoms with van der Waals surface area (Å²) in [6, 6.07) is 6.03. The number of ketones is 1. The van der Waals surface area contributed by atoms with E-state index in [9.17, 15) is 14.8 Å². The predicted molar refractivity (Wildman–Crippen MR) is 66.8 cm³/mol. The lowest BCUT2D eigenvalue weighted by atomic mass is 10.00. The van der Waals surface area contributed by atoms with Crippen molar-refractivity contribution in [2.75, 3.05) is 6.61 Å². The second-order valence-corrected chi connectivity index (χ2v) is 4.82. The average molecular weight is 265 g/mol. The maximum Gasteiger partial charge on any atom is 0.190 e. The number of hydrogen-bond acceptors (Lipinski definition) is 6. The summed E-state index contributed by atoms with van der Waals surface area (Å²) in [5, 5.41) is 13.0. The Hall–Kier alpha value is -1.63. The third-order valence-corrected chi connectivity index (χ3v) is 2.92. The van der Waals surface area contributed by atoms with Crippen molar-refractivity contribution in [1.82, 2.24) is 0 Å². The van der Waals surface area contributed by atoms with Gasteiger partial charge in [-0.15, -0.1) is 4.91 Å². The summed E-state index contributed by atoms with van der Waals surface area (Å²) in [5.41, 5.74) is 0.749. The van der Waals surface area contributed by atoms with Gasteiger partial charge in [-0.05, 0) is 36.7 Å². The lowest BCUT2D eigenvalue weighted by molar-refractivity contribution is -0.271. The largest absolute Gasteiger partial charge is 0.385 e. The van der Waals surface area contributed by atoms with Crippen LogP contribution in [0.25, 0.3) is 0 Å². The topological polar surface area (TPSA) is 85.2 Å². The predicted octanol–water partition coefficient (Wildman–Crippen LogP) is 1.84. The molecule has 0 radical (unpaired) electrons. The molecule has 0 unspecified atom stereocenters. The van der Waals surface area contributed by atoms with Gasteiger partial charge >= 0.3 is 0 Å². The molecule has 0 aromatic heterocycles. The fourth-order valence-electron chi connectivity index (χ4n) is 1.88. The lowest BCUT2D eigenvalue weighted by Gasteiger charge is -2.36. The van der Waals surface area contributed by atoms with E-state index in [0.29, 0.717) is 5.56 Å². The van der Waals surface area contributed by atoms with E-state index in [0.717, 1.165) is 0 Å². The molecule has 1 fully saturated rings. The van der Waals surface area contributed by atoms with Crippen molar-refractivity contribution in [2.45, 2.75) is 31.8 Å². The van der Waals surface area contributed by atoms with Crippen molar-refractivity contribution in [1.29, 1.82) is 0 Å². The molecular weight excluding hydrogens is 250 g/mol. The number of nitrogens with zero attached hydrogens (tertiary/aromatic N) is 1. The van der Waals surface area contributed by atoms with Crippen LogP contribution in [-0.4, -0.2) is 29.4 Å². The monoisotopic (exact) mass is 265 g/mol. The highest BCUT2D eigenvalue weighted by atomic mass is 16.7. The molecule has 1 aliphatic rings. The fourth-order valence-corrected chi connectivity index (χ4v) is 1.88. The van der Waals surface area contributed by atoms with Gasteiger partial charge in [-0.3, -0.25) is 4.79 Å². The molecule has 1 N–H and O–H groups in total. The molecule has 0 bridgehead atoms. The molecule has 2 atom stereocenters. The fraction of sp³-hybridized carbons (Fsp3) is 0.462. The first-order valence-corrected chi connectivity index (χ1v) is 5.89. The van der Waals surface area contributed by atoms with Crippen molar-refractivity contribution in [3.8, 4) is 0 Å². The standard InChI is InChI=1S/C13H15NO5/c1-13(2)18-7-10(15)12(19-13)11(16)8-3-5-9(14-17)6-4-8/h3-6,11-12,16H,7H2,1-2H3/t11-,12+/m0/s1. The Morgan fingerprint density at radius 3 is 2.58 bits per heavy atom. The molecule has 1 saturated heterocycles. The van der Waals surface area contributed by atoms with E-state index in [2.05, 4.69) is 5.18 Å². The van der Waals surface area contributed by atoms with Gasteiger partial charge < -0.3 is 14.6 Å². The zero-order valence-electron chi connectivity index (χ0n) is 10.7. The quantitative estimate of drug-likeness (QED) is 0.843. The first kappa shape index (κ1) is 13.8. The average Bonchev–Trinajstić information content (AvgIpc) is 2.41. The van der Waals surface area contributed by atoms with E-state index in [1.165, 1.54) is 12.1 Å². The van der Waals surface area contributed by atoms with Crippen LogP contribution in [0.1, 0.15) is 25.5 Å². The highest BCUT2D eigenvalue weighted by molar-refractivity contribution is 5.85. The van der Waals surface area contributed by atoms with Crippen molar-refractivity contribution >= 4 is 11.5 Å². The Balaban J connectivity index is 2.19. The molecule has 1 heterocycles. The minimum atomic E-state index is -1.10. The van der Waals surface area contributed by atoms with Gasteiger partial charge in [-0.1, -0.05) is 12.1 Å². The van der Waals surface area contributed by atoms with Gasteiger partial charge in [-0.25, -0.2) is 0 Å². The Bertz CT molecular complexity index is 482. The van der Waals surface area contributed by atoms with E-state index in [4.69, 9.17) is 9.47 Å². The summed E-state index contributed by atoms with van der Waals surface area (Å²) in [6.45, 7) is 3.26. The second-order valence-electron chi connectivity index (χ2n) is 4.82. The van der Waals surface area contributed by atoms with Gasteiger partial charge in [0.15, 0.2) is 17.7 Å². The van der Waals surface area contributed by atoms with Crippen molar-refractivity contribution in [3.05, 3.63) is 34.7 Å². The smallest absolute Gasteiger partial charge is 0.190 e. The van der Waals surface area contributed by atoms with Crippen LogP contribution in [0.4, 0.5) is 5.69 Å². The first-order chi connectivity index (χ1) is 8.93. The summed E-state index contributed by atoms with van der Waals surface area (Å²) < 4.78 is 10.6. The summed E-state index contributed by atoms with van der Waals surface area (Å²) >= 11 is 0. The first-order valence-electron chi connectivity index (χ1n) is 5.89. The molecule has 102 valence electrons. The Morgan fingerprint density at radius 1 is 1.37 bits per heavy atom. The zero-order valence-corrected chi connectivity index (χ0v) is 10.7. The normalized spacial score (nSPS) is 23.9. The van der Waals surface area contributed by atoms with Gasteiger partial charge in [0.05, 0.1) is 0 Å². The number of carbonyl (C=O) groups is 1. The van der Waals surface area contributed by atoms with Gasteiger partial charge in [0.25, 0.3) is 0 Å². The molecule has 0 amide bonds. The molecule has 6 heteroatoms. The number of hydrogen-bond donors (Lipinski definition) is 1. The molecule has 6 nitrogen and oxygen atoms in total. The number of benzene rings is 1. The number of nitroso groups, excluding NO2 is 1. The van der Waals surface area contributed by atoms with Crippen molar-refractivity contribution < 1.29 is 19.4 Å². The number of Topliss-reactive ketones (excluding diaryl/α,β-unsaturated/α-hetero) is 1. The van der Waals surface area contributed by atoms with Crippen LogP contribution in [0.5, 0.6) is 0 Å². The van der Waals surface area contributed by atoms with Crippen LogP contribution in [0, 0.1) is 4.91 Å². The maximum absolute atomic E-state index is 11.7. The highest BCUT2D eigenvalue weighted by Crippen LogP contribution is 2.29. The minimum Gasteiger partial charge on any atom is -0.385 e. The number of ether oxygens (including phenoxy) is 2. The molecule has 2 rings (SSSR count). The SMILES string of the molecule is CC1(C)OCC(=O)[C@H]([C@@H](O)c2ccc(N=O)cc2)O1. The second kappa shape index (κ2) is 5.16. The Morgan fingerprint density at radius 2 is 2.00 bits per heavy atom. The summed E-state index contributed by atoms with van der Waals surface area (Å²) in [5.74, 6) is -1.23. The Labute approximate surface area is 110 Å². The Kier molecular flexibility index (Phi) is 3.75. The third-order valence-electron chi connectivity index (χ3n) is 2.92.